The Hall–Kier alpha value is -2.37. The maximum absolute atomic E-state index is 11.8. The molecule has 0 aliphatic heterocycles. The van der Waals surface area contributed by atoms with E-state index in [2.05, 4.69) is 15.3 Å². The lowest BCUT2D eigenvalue weighted by molar-refractivity contribution is 0.152. The van der Waals surface area contributed by atoms with Crippen molar-refractivity contribution in [1.82, 2.24) is 15.3 Å². The van der Waals surface area contributed by atoms with Crippen molar-refractivity contribution in [2.24, 2.45) is 0 Å². The van der Waals surface area contributed by atoms with Crippen LogP contribution >= 0.6 is 0 Å². The molecule has 0 saturated carbocycles. The van der Waals surface area contributed by atoms with Crippen LogP contribution in [0.2, 0.25) is 0 Å². The topological polar surface area (TPSA) is 84.1 Å². The second-order valence-electron chi connectivity index (χ2n) is 3.93. The lowest BCUT2D eigenvalue weighted by Crippen LogP contribution is -2.27. The molecular weight excluding hydrogens is 246 g/mol. The molecular formula is C13H15N3O3. The zero-order valence-electron chi connectivity index (χ0n) is 10.6. The Balaban J connectivity index is 2.05. The van der Waals surface area contributed by atoms with Crippen LogP contribution in [-0.2, 0) is 11.2 Å². The second-order valence-corrected chi connectivity index (χ2v) is 3.93. The van der Waals surface area contributed by atoms with Crippen molar-refractivity contribution in [1.29, 1.82) is 0 Å². The summed E-state index contributed by atoms with van der Waals surface area (Å²) in [5, 5.41) is 3.14. The predicted molar refractivity (Wildman–Crippen MR) is 71.1 cm³/mol. The van der Waals surface area contributed by atoms with Gasteiger partial charge in [0.1, 0.15) is 5.82 Å². The van der Waals surface area contributed by atoms with Crippen LogP contribution in [0.3, 0.4) is 0 Å². The van der Waals surface area contributed by atoms with E-state index < -0.39 is 6.09 Å². The summed E-state index contributed by atoms with van der Waals surface area (Å²) in [7, 11) is 0. The maximum atomic E-state index is 11.8. The molecule has 0 atom stereocenters. The van der Waals surface area contributed by atoms with E-state index in [4.69, 9.17) is 4.74 Å². The summed E-state index contributed by atoms with van der Waals surface area (Å²) in [6.45, 7) is 2.43. The van der Waals surface area contributed by atoms with E-state index in [9.17, 15) is 9.59 Å². The molecule has 0 aliphatic carbocycles. The van der Waals surface area contributed by atoms with Gasteiger partial charge in [-0.15, -0.1) is 0 Å². The van der Waals surface area contributed by atoms with Crippen molar-refractivity contribution in [2.45, 2.75) is 13.3 Å². The van der Waals surface area contributed by atoms with E-state index >= 15 is 0 Å². The predicted octanol–water partition coefficient (Wildman–Crippen LogP) is 1.21. The Morgan fingerprint density at radius 1 is 1.42 bits per heavy atom. The summed E-state index contributed by atoms with van der Waals surface area (Å²) in [6.07, 6.45) is -0.0237. The molecule has 1 aromatic heterocycles. The fraction of sp³-hybridized carbons (Fsp3) is 0.308. The third kappa shape index (κ3) is 3.31. The van der Waals surface area contributed by atoms with Crippen LogP contribution in [0.25, 0.3) is 10.9 Å². The average Bonchev–Trinajstić information content (AvgIpc) is 2.39. The lowest BCUT2D eigenvalue weighted by Gasteiger charge is -2.05. The number of fused-ring (bicyclic) bond motifs is 1. The number of carbonyl (C=O) groups excluding carboxylic acids is 1. The van der Waals surface area contributed by atoms with Gasteiger partial charge in [-0.25, -0.2) is 9.78 Å². The first-order chi connectivity index (χ1) is 9.20. The molecule has 0 saturated heterocycles. The smallest absolute Gasteiger partial charge is 0.407 e. The molecule has 2 N–H and O–H groups in total. The normalized spacial score (nSPS) is 10.4. The highest BCUT2D eigenvalue weighted by atomic mass is 16.5. The molecule has 19 heavy (non-hydrogen) atoms. The minimum atomic E-state index is -0.467. The van der Waals surface area contributed by atoms with E-state index in [1.165, 1.54) is 0 Å². The Morgan fingerprint density at radius 2 is 2.21 bits per heavy atom. The van der Waals surface area contributed by atoms with Crippen molar-refractivity contribution in [3.63, 3.8) is 0 Å². The molecule has 0 radical (unpaired) electrons. The van der Waals surface area contributed by atoms with Gasteiger partial charge in [0.05, 0.1) is 17.5 Å². The number of hydrogen-bond donors (Lipinski definition) is 2. The number of hydrogen-bond acceptors (Lipinski definition) is 4. The molecule has 1 aromatic carbocycles. The molecule has 2 aromatic rings. The van der Waals surface area contributed by atoms with E-state index in [1.54, 1.807) is 25.1 Å². The summed E-state index contributed by atoms with van der Waals surface area (Å²) in [5.74, 6) is 0.542. The highest BCUT2D eigenvalue weighted by molar-refractivity contribution is 5.77. The molecule has 1 heterocycles. The molecule has 0 spiro atoms. The number of ether oxygens (including phenoxy) is 1. The highest BCUT2D eigenvalue weighted by Gasteiger charge is 2.04. The fourth-order valence-electron chi connectivity index (χ4n) is 1.72. The molecule has 0 bridgehead atoms. The number of benzene rings is 1. The fourth-order valence-corrected chi connectivity index (χ4v) is 1.72. The number of aromatic amines is 1. The van der Waals surface area contributed by atoms with Gasteiger partial charge < -0.3 is 15.0 Å². The molecule has 0 aliphatic rings. The third-order valence-electron chi connectivity index (χ3n) is 2.57. The molecule has 100 valence electrons. The van der Waals surface area contributed by atoms with Crippen LogP contribution in [0, 0.1) is 0 Å². The van der Waals surface area contributed by atoms with Crippen molar-refractivity contribution in [3.05, 3.63) is 40.4 Å². The largest absolute Gasteiger partial charge is 0.450 e. The van der Waals surface area contributed by atoms with Crippen molar-refractivity contribution < 1.29 is 9.53 Å². The second kappa shape index (κ2) is 5.99. The summed E-state index contributed by atoms with van der Waals surface area (Å²) >= 11 is 0. The molecule has 6 heteroatoms. The van der Waals surface area contributed by atoms with Gasteiger partial charge in [0.2, 0.25) is 0 Å². The van der Waals surface area contributed by atoms with Crippen molar-refractivity contribution >= 4 is 17.0 Å². The van der Waals surface area contributed by atoms with E-state index in [0.29, 0.717) is 36.3 Å². The van der Waals surface area contributed by atoms with Crippen molar-refractivity contribution in [3.8, 4) is 0 Å². The van der Waals surface area contributed by atoms with E-state index in [1.807, 2.05) is 6.07 Å². The third-order valence-corrected chi connectivity index (χ3v) is 2.57. The van der Waals surface area contributed by atoms with E-state index in [0.717, 1.165) is 0 Å². The Kier molecular flexibility index (Phi) is 4.12. The monoisotopic (exact) mass is 261 g/mol. The standard InChI is InChI=1S/C13H15N3O3/c1-2-19-13(18)14-8-7-11-15-10-6-4-3-5-9(10)12(17)16-11/h3-6H,2,7-8H2,1H3,(H,14,18)(H,15,16,17). The number of alkyl carbamates (subject to hydrolysis) is 1. The minimum absolute atomic E-state index is 0.170. The van der Waals surface area contributed by atoms with E-state index in [-0.39, 0.29) is 5.56 Å². The van der Waals surface area contributed by atoms with Gasteiger partial charge in [-0.1, -0.05) is 12.1 Å². The molecule has 1 amide bonds. The van der Waals surface area contributed by atoms with Gasteiger partial charge in [0.15, 0.2) is 0 Å². The van der Waals surface area contributed by atoms with Gasteiger partial charge >= 0.3 is 6.09 Å². The SMILES string of the molecule is CCOC(=O)NCCc1nc2ccccc2c(=O)[nH]1. The lowest BCUT2D eigenvalue weighted by atomic mass is 10.2. The Labute approximate surface area is 109 Å². The van der Waals surface area contributed by atoms with Crippen LogP contribution in [-0.4, -0.2) is 29.2 Å². The van der Waals surface area contributed by atoms with Crippen LogP contribution in [0.15, 0.2) is 29.1 Å². The van der Waals surface area contributed by atoms with Crippen LogP contribution < -0.4 is 10.9 Å². The number of para-hydroxylation sites is 1. The van der Waals surface area contributed by atoms with Gasteiger partial charge in [-0.05, 0) is 19.1 Å². The zero-order valence-corrected chi connectivity index (χ0v) is 10.6. The Bertz CT molecular complexity index is 636. The quantitative estimate of drug-likeness (QED) is 0.866. The Morgan fingerprint density at radius 3 is 3.00 bits per heavy atom. The first-order valence-electron chi connectivity index (χ1n) is 6.09. The van der Waals surface area contributed by atoms with Crippen molar-refractivity contribution in [2.75, 3.05) is 13.2 Å². The van der Waals surface area contributed by atoms with Gasteiger partial charge in [-0.3, -0.25) is 4.79 Å². The molecule has 6 nitrogen and oxygen atoms in total. The molecule has 0 fully saturated rings. The molecule has 0 unspecified atom stereocenters. The maximum Gasteiger partial charge on any atom is 0.407 e. The first kappa shape index (κ1) is 13.1. The van der Waals surface area contributed by atoms with Gasteiger partial charge in [0, 0.05) is 13.0 Å². The highest BCUT2D eigenvalue weighted by Crippen LogP contribution is 2.05. The zero-order chi connectivity index (χ0) is 13.7. The number of nitrogens with one attached hydrogen (secondary N) is 2. The summed E-state index contributed by atoms with van der Waals surface area (Å²) in [6, 6.07) is 7.13. The number of aromatic nitrogens is 2. The summed E-state index contributed by atoms with van der Waals surface area (Å²) in [4.78, 5) is 29.9. The number of nitrogens with zero attached hydrogens (tertiary/aromatic N) is 1. The van der Waals surface area contributed by atoms with Crippen LogP contribution in [0.5, 0.6) is 0 Å². The number of amides is 1. The van der Waals surface area contributed by atoms with Crippen LogP contribution in [0.4, 0.5) is 4.79 Å². The number of carbonyl (C=O) groups is 1. The number of H-pyrrole nitrogens is 1. The van der Waals surface area contributed by atoms with Crippen LogP contribution in [0.1, 0.15) is 12.7 Å². The average molecular weight is 261 g/mol. The molecule has 2 rings (SSSR count). The van der Waals surface area contributed by atoms with Gasteiger partial charge in [0.25, 0.3) is 5.56 Å². The van der Waals surface area contributed by atoms with Gasteiger partial charge in [-0.2, -0.15) is 0 Å². The first-order valence-corrected chi connectivity index (χ1v) is 6.09. The minimum Gasteiger partial charge on any atom is -0.450 e. The summed E-state index contributed by atoms with van der Waals surface area (Å²) in [5.41, 5.74) is 0.481. The summed E-state index contributed by atoms with van der Waals surface area (Å²) < 4.78 is 4.73. The number of rotatable bonds is 4.